The average Bonchev–Trinajstić information content (AvgIpc) is 3.11. The van der Waals surface area contributed by atoms with Crippen molar-refractivity contribution >= 4 is 0 Å². The summed E-state index contributed by atoms with van der Waals surface area (Å²) in [5.41, 5.74) is 2.55. The largest absolute Gasteiger partial charge is 0.286 e. The van der Waals surface area contributed by atoms with Crippen LogP contribution in [0.2, 0.25) is 0 Å². The van der Waals surface area contributed by atoms with Gasteiger partial charge in [0, 0.05) is 24.9 Å². The van der Waals surface area contributed by atoms with Crippen molar-refractivity contribution in [3.8, 4) is 0 Å². The van der Waals surface area contributed by atoms with E-state index in [4.69, 9.17) is 5.10 Å². The van der Waals surface area contributed by atoms with E-state index in [1.165, 1.54) is 11.4 Å². The van der Waals surface area contributed by atoms with E-state index in [1.54, 1.807) is 0 Å². The third-order valence-electron chi connectivity index (χ3n) is 4.40. The van der Waals surface area contributed by atoms with E-state index in [-0.39, 0.29) is 11.5 Å². The minimum absolute atomic E-state index is 0.0978. The van der Waals surface area contributed by atoms with Crippen LogP contribution >= 0.6 is 0 Å². The van der Waals surface area contributed by atoms with Gasteiger partial charge >= 0.3 is 0 Å². The molecule has 1 N–H and O–H groups in total. The average molecular weight is 302 g/mol. The molecular weight excluding hydrogens is 276 g/mol. The monoisotopic (exact) mass is 302 g/mol. The van der Waals surface area contributed by atoms with Crippen LogP contribution in [0.1, 0.15) is 63.7 Å². The lowest BCUT2D eigenvalue weighted by Gasteiger charge is -2.31. The molecule has 3 heterocycles. The quantitative estimate of drug-likeness (QED) is 0.946. The molecule has 6 nitrogen and oxygen atoms in total. The van der Waals surface area contributed by atoms with Gasteiger partial charge in [0.1, 0.15) is 5.82 Å². The van der Waals surface area contributed by atoms with Gasteiger partial charge in [-0.2, -0.15) is 10.2 Å². The maximum absolute atomic E-state index is 4.76. The first-order valence-electron chi connectivity index (χ1n) is 8.11. The molecule has 0 aliphatic carbocycles. The molecule has 1 unspecified atom stereocenters. The second-order valence-corrected chi connectivity index (χ2v) is 7.13. The second-order valence-electron chi connectivity index (χ2n) is 7.13. The van der Waals surface area contributed by atoms with Crippen LogP contribution in [-0.2, 0) is 24.9 Å². The van der Waals surface area contributed by atoms with Crippen LogP contribution in [0, 0.1) is 0 Å². The molecule has 120 valence electrons. The third-order valence-corrected chi connectivity index (χ3v) is 4.40. The van der Waals surface area contributed by atoms with Crippen molar-refractivity contribution in [1.82, 2.24) is 29.9 Å². The summed E-state index contributed by atoms with van der Waals surface area (Å²) in [7, 11) is 0. The van der Waals surface area contributed by atoms with E-state index >= 15 is 0 Å². The summed E-state index contributed by atoms with van der Waals surface area (Å²) in [4.78, 5) is 7.00. The molecule has 0 fully saturated rings. The molecule has 0 aromatic carbocycles. The molecule has 0 bridgehead atoms. The van der Waals surface area contributed by atoms with Gasteiger partial charge in [-0.1, -0.05) is 27.7 Å². The van der Waals surface area contributed by atoms with Crippen molar-refractivity contribution in [2.75, 3.05) is 6.54 Å². The first-order valence-corrected chi connectivity index (χ1v) is 8.11. The standard InChI is InChI=1S/C16H26N6/c1-6-14-17-15(19-18-14)11(2)21-7-8-22-12(10-21)9-13(20-22)16(3,4)5/h9,11H,6-8,10H2,1-5H3,(H,17,18,19). The SMILES string of the molecule is CCc1nc(C(C)N2CCn3nc(C(C)(C)C)cc3C2)n[nH]1. The molecule has 0 saturated carbocycles. The lowest BCUT2D eigenvalue weighted by atomic mass is 9.92. The summed E-state index contributed by atoms with van der Waals surface area (Å²) < 4.78 is 2.15. The Labute approximate surface area is 131 Å². The van der Waals surface area contributed by atoms with Crippen molar-refractivity contribution in [2.24, 2.45) is 0 Å². The number of aryl methyl sites for hydroxylation is 1. The van der Waals surface area contributed by atoms with E-state index < -0.39 is 0 Å². The Balaban J connectivity index is 1.77. The van der Waals surface area contributed by atoms with E-state index in [2.05, 4.69) is 65.4 Å². The zero-order valence-electron chi connectivity index (χ0n) is 14.2. The number of nitrogens with one attached hydrogen (secondary N) is 1. The highest BCUT2D eigenvalue weighted by atomic mass is 15.4. The fourth-order valence-electron chi connectivity index (χ4n) is 2.80. The van der Waals surface area contributed by atoms with Crippen LogP contribution in [-0.4, -0.2) is 36.4 Å². The maximum Gasteiger partial charge on any atom is 0.167 e. The Morgan fingerprint density at radius 2 is 2.09 bits per heavy atom. The van der Waals surface area contributed by atoms with E-state index in [1.807, 2.05) is 0 Å². The molecule has 0 amide bonds. The number of nitrogens with zero attached hydrogens (tertiary/aromatic N) is 5. The van der Waals surface area contributed by atoms with Gasteiger partial charge in [0.25, 0.3) is 0 Å². The van der Waals surface area contributed by atoms with Crippen molar-refractivity contribution in [3.05, 3.63) is 29.1 Å². The molecule has 0 radical (unpaired) electrons. The third kappa shape index (κ3) is 2.79. The number of rotatable bonds is 3. The number of aromatic amines is 1. The maximum atomic E-state index is 4.76. The van der Waals surface area contributed by atoms with Crippen LogP contribution in [0.25, 0.3) is 0 Å². The van der Waals surface area contributed by atoms with Crippen molar-refractivity contribution in [2.45, 2.75) is 65.6 Å². The normalized spacial score (nSPS) is 17.5. The van der Waals surface area contributed by atoms with Crippen LogP contribution < -0.4 is 0 Å². The summed E-state index contributed by atoms with van der Waals surface area (Å²) in [6.45, 7) is 13.7. The Kier molecular flexibility index (Phi) is 3.80. The molecule has 2 aromatic rings. The first kappa shape index (κ1) is 15.2. The molecule has 2 aromatic heterocycles. The highest BCUT2D eigenvalue weighted by Gasteiger charge is 2.27. The summed E-state index contributed by atoms with van der Waals surface area (Å²) in [6, 6.07) is 2.47. The summed E-state index contributed by atoms with van der Waals surface area (Å²) >= 11 is 0. The van der Waals surface area contributed by atoms with Crippen LogP contribution in [0.15, 0.2) is 6.07 Å². The topological polar surface area (TPSA) is 62.6 Å². The fraction of sp³-hybridized carbons (Fsp3) is 0.688. The molecule has 1 atom stereocenters. The zero-order valence-corrected chi connectivity index (χ0v) is 14.2. The molecule has 1 aliphatic heterocycles. The van der Waals surface area contributed by atoms with Gasteiger partial charge in [-0.25, -0.2) is 4.98 Å². The second kappa shape index (κ2) is 5.50. The van der Waals surface area contributed by atoms with E-state index in [9.17, 15) is 0 Å². The zero-order chi connectivity index (χ0) is 15.9. The lowest BCUT2D eigenvalue weighted by molar-refractivity contribution is 0.155. The smallest absolute Gasteiger partial charge is 0.167 e. The van der Waals surface area contributed by atoms with Gasteiger partial charge in [0.05, 0.1) is 24.0 Å². The first-order chi connectivity index (χ1) is 10.4. The lowest BCUT2D eigenvalue weighted by Crippen LogP contribution is -2.36. The van der Waals surface area contributed by atoms with E-state index in [0.29, 0.717) is 0 Å². The molecule has 22 heavy (non-hydrogen) atoms. The van der Waals surface area contributed by atoms with Gasteiger partial charge in [-0.15, -0.1) is 0 Å². The number of hydrogen-bond donors (Lipinski definition) is 1. The van der Waals surface area contributed by atoms with Crippen LogP contribution in [0.3, 0.4) is 0 Å². The number of H-pyrrole nitrogens is 1. The van der Waals surface area contributed by atoms with Crippen LogP contribution in [0.4, 0.5) is 0 Å². The predicted octanol–water partition coefficient (Wildman–Crippen LogP) is 2.44. The fourth-order valence-corrected chi connectivity index (χ4v) is 2.80. The molecule has 6 heteroatoms. The molecule has 3 rings (SSSR count). The summed E-state index contributed by atoms with van der Waals surface area (Å²) in [5, 5.41) is 12.1. The minimum atomic E-state index is 0.0978. The van der Waals surface area contributed by atoms with Crippen molar-refractivity contribution in [3.63, 3.8) is 0 Å². The van der Waals surface area contributed by atoms with Gasteiger partial charge in [-0.05, 0) is 13.0 Å². The number of hydrogen-bond acceptors (Lipinski definition) is 4. The number of fused-ring (bicyclic) bond motifs is 1. The predicted molar refractivity (Wildman–Crippen MR) is 85.5 cm³/mol. The molecular formula is C16H26N6. The molecule has 1 aliphatic rings. The van der Waals surface area contributed by atoms with Gasteiger partial charge in [-0.3, -0.25) is 14.7 Å². The Hall–Kier alpha value is -1.69. The molecule has 0 saturated heterocycles. The van der Waals surface area contributed by atoms with Crippen LogP contribution in [0.5, 0.6) is 0 Å². The number of aromatic nitrogens is 5. The summed E-state index contributed by atoms with van der Waals surface area (Å²) in [6.07, 6.45) is 0.890. The van der Waals surface area contributed by atoms with Gasteiger partial charge in [0.15, 0.2) is 5.82 Å². The minimum Gasteiger partial charge on any atom is -0.286 e. The van der Waals surface area contributed by atoms with Crippen molar-refractivity contribution < 1.29 is 0 Å². The summed E-state index contributed by atoms with van der Waals surface area (Å²) in [5.74, 6) is 1.85. The van der Waals surface area contributed by atoms with Gasteiger partial charge in [0.2, 0.25) is 0 Å². The highest BCUT2D eigenvalue weighted by Crippen LogP contribution is 2.27. The Bertz CT molecular complexity index is 648. The Morgan fingerprint density at radius 3 is 2.73 bits per heavy atom. The Morgan fingerprint density at radius 1 is 1.32 bits per heavy atom. The molecule has 0 spiro atoms. The van der Waals surface area contributed by atoms with Crippen molar-refractivity contribution in [1.29, 1.82) is 0 Å². The highest BCUT2D eigenvalue weighted by molar-refractivity contribution is 5.19. The van der Waals surface area contributed by atoms with E-state index in [0.717, 1.165) is 37.7 Å². The van der Waals surface area contributed by atoms with Gasteiger partial charge < -0.3 is 0 Å².